The van der Waals surface area contributed by atoms with Crippen molar-refractivity contribution in [2.75, 3.05) is 6.54 Å². The predicted octanol–water partition coefficient (Wildman–Crippen LogP) is -1.56. The zero-order valence-corrected chi connectivity index (χ0v) is 5.50. The Bertz CT molecular complexity index is 67.2. The predicted molar refractivity (Wildman–Crippen MR) is 32.3 cm³/mol. The molecule has 4 heteroatoms. The lowest BCUT2D eigenvalue weighted by atomic mass is 10.3. The van der Waals surface area contributed by atoms with Gasteiger partial charge in [0, 0.05) is 0 Å². The van der Waals surface area contributed by atoms with Crippen LogP contribution >= 0.6 is 0 Å². The molecule has 9 heavy (non-hydrogen) atoms. The molecule has 0 rings (SSSR count). The van der Waals surface area contributed by atoms with Crippen LogP contribution in [-0.2, 0) is 0 Å². The SMILES string of the molecule is CCCC[NH+]([O-])C(O)O. The number of quaternary nitrogens is 1. The number of unbranched alkanes of at least 4 members (excludes halogenated alkanes) is 1. The van der Waals surface area contributed by atoms with Gasteiger partial charge in [0.2, 0.25) is 0 Å². The first-order valence-corrected chi connectivity index (χ1v) is 3.07. The summed E-state index contributed by atoms with van der Waals surface area (Å²) in [5.74, 6) is 0. The van der Waals surface area contributed by atoms with E-state index in [4.69, 9.17) is 10.2 Å². The van der Waals surface area contributed by atoms with Gasteiger partial charge in [0.1, 0.15) is 0 Å². The molecule has 0 heterocycles. The van der Waals surface area contributed by atoms with Crippen molar-refractivity contribution in [2.24, 2.45) is 0 Å². The van der Waals surface area contributed by atoms with Gasteiger partial charge in [-0.05, 0) is 6.42 Å². The number of aliphatic hydroxyl groups is 2. The minimum atomic E-state index is -1.77. The van der Waals surface area contributed by atoms with Crippen LogP contribution in [0.3, 0.4) is 0 Å². The molecule has 0 radical (unpaired) electrons. The van der Waals surface area contributed by atoms with Gasteiger partial charge < -0.3 is 20.5 Å². The Hall–Kier alpha value is -0.160. The lowest BCUT2D eigenvalue weighted by molar-refractivity contribution is -0.927. The van der Waals surface area contributed by atoms with E-state index in [1.807, 2.05) is 6.92 Å². The smallest absolute Gasteiger partial charge is 0.302 e. The highest BCUT2D eigenvalue weighted by atomic mass is 16.6. The summed E-state index contributed by atoms with van der Waals surface area (Å²) in [5.41, 5.74) is 0. The van der Waals surface area contributed by atoms with E-state index < -0.39 is 11.5 Å². The van der Waals surface area contributed by atoms with Gasteiger partial charge in [-0.1, -0.05) is 13.3 Å². The van der Waals surface area contributed by atoms with Crippen molar-refractivity contribution in [3.63, 3.8) is 0 Å². The fraction of sp³-hybridized carbons (Fsp3) is 1.00. The normalized spacial score (nSPS) is 14.3. The molecular formula is C5H13NO3. The van der Waals surface area contributed by atoms with E-state index in [9.17, 15) is 5.21 Å². The molecule has 56 valence electrons. The molecule has 0 fully saturated rings. The van der Waals surface area contributed by atoms with Crippen molar-refractivity contribution >= 4 is 0 Å². The second kappa shape index (κ2) is 4.69. The van der Waals surface area contributed by atoms with E-state index in [0.717, 1.165) is 12.8 Å². The van der Waals surface area contributed by atoms with E-state index in [1.165, 1.54) is 0 Å². The highest BCUT2D eigenvalue weighted by Crippen LogP contribution is 1.78. The molecule has 4 nitrogen and oxygen atoms in total. The Kier molecular flexibility index (Phi) is 4.61. The van der Waals surface area contributed by atoms with Gasteiger partial charge in [-0.2, -0.15) is 0 Å². The van der Waals surface area contributed by atoms with E-state index in [1.54, 1.807) is 0 Å². The van der Waals surface area contributed by atoms with Crippen LogP contribution in [0.5, 0.6) is 0 Å². The highest BCUT2D eigenvalue weighted by Gasteiger charge is 2.03. The molecule has 3 N–H and O–H groups in total. The van der Waals surface area contributed by atoms with Gasteiger partial charge in [-0.15, -0.1) is 0 Å². The zero-order valence-electron chi connectivity index (χ0n) is 5.50. The molecule has 0 aliphatic carbocycles. The lowest BCUT2D eigenvalue weighted by Gasteiger charge is -2.22. The van der Waals surface area contributed by atoms with Crippen LogP contribution in [0.4, 0.5) is 0 Å². The summed E-state index contributed by atoms with van der Waals surface area (Å²) in [7, 11) is 0. The molecule has 0 amide bonds. The van der Waals surface area contributed by atoms with E-state index in [0.29, 0.717) is 0 Å². The summed E-state index contributed by atoms with van der Waals surface area (Å²) in [6, 6.07) is 0. The van der Waals surface area contributed by atoms with Crippen molar-refractivity contribution < 1.29 is 15.3 Å². The first kappa shape index (κ1) is 8.84. The van der Waals surface area contributed by atoms with Gasteiger partial charge in [-0.3, -0.25) is 0 Å². The van der Waals surface area contributed by atoms with Crippen molar-refractivity contribution in [1.82, 2.24) is 0 Å². The van der Waals surface area contributed by atoms with Crippen LogP contribution in [0.25, 0.3) is 0 Å². The van der Waals surface area contributed by atoms with Gasteiger partial charge in [0.05, 0.1) is 6.54 Å². The fourth-order valence-electron chi connectivity index (χ4n) is 0.480. The monoisotopic (exact) mass is 135 g/mol. The number of rotatable bonds is 4. The molecule has 0 aromatic rings. The third-order valence-electron chi connectivity index (χ3n) is 1.06. The lowest BCUT2D eigenvalue weighted by Crippen LogP contribution is -3.11. The van der Waals surface area contributed by atoms with Gasteiger partial charge in [0.15, 0.2) is 0 Å². The highest BCUT2D eigenvalue weighted by molar-refractivity contribution is 4.28. The topological polar surface area (TPSA) is 68.0 Å². The average molecular weight is 135 g/mol. The van der Waals surface area contributed by atoms with Crippen molar-refractivity contribution in [2.45, 2.75) is 26.2 Å². The molecule has 1 unspecified atom stereocenters. The molecule has 0 saturated heterocycles. The summed E-state index contributed by atoms with van der Waals surface area (Å²) >= 11 is 0. The number of hydrogen-bond acceptors (Lipinski definition) is 3. The Balaban J connectivity index is 3.16. The molecule has 1 atom stereocenters. The summed E-state index contributed by atoms with van der Waals surface area (Å²) in [6.45, 7) is 2.21. The molecule has 0 aromatic carbocycles. The Labute approximate surface area is 54.3 Å². The Morgan fingerprint density at radius 2 is 2.11 bits per heavy atom. The van der Waals surface area contributed by atoms with Crippen LogP contribution in [0.1, 0.15) is 19.8 Å². The van der Waals surface area contributed by atoms with Gasteiger partial charge >= 0.3 is 6.41 Å². The minimum Gasteiger partial charge on any atom is -0.631 e. The first-order valence-electron chi connectivity index (χ1n) is 3.07. The first-order chi connectivity index (χ1) is 4.18. The van der Waals surface area contributed by atoms with Crippen LogP contribution in [-0.4, -0.2) is 23.2 Å². The summed E-state index contributed by atoms with van der Waals surface area (Å²) in [4.78, 5) is 0. The third-order valence-corrected chi connectivity index (χ3v) is 1.06. The Morgan fingerprint density at radius 3 is 2.44 bits per heavy atom. The fourth-order valence-corrected chi connectivity index (χ4v) is 0.480. The molecule has 0 spiro atoms. The summed E-state index contributed by atoms with van der Waals surface area (Å²) < 4.78 is 0. The van der Waals surface area contributed by atoms with Gasteiger partial charge in [0.25, 0.3) is 0 Å². The van der Waals surface area contributed by atoms with Crippen LogP contribution < -0.4 is 5.06 Å². The minimum absolute atomic E-state index is 0.272. The molecule has 0 saturated carbocycles. The maximum Gasteiger partial charge on any atom is 0.302 e. The number of nitrogens with one attached hydrogen (secondary N) is 1. The number of hydrogen-bond donors (Lipinski definition) is 3. The second-order valence-corrected chi connectivity index (χ2v) is 1.94. The van der Waals surface area contributed by atoms with Crippen molar-refractivity contribution in [3.05, 3.63) is 5.21 Å². The van der Waals surface area contributed by atoms with Crippen LogP contribution in [0, 0.1) is 5.21 Å². The standard InChI is InChI=1S/C5H13NO3/c1-2-3-4-6(9)5(7)8/h5-8H,2-4H2,1H3. The largest absolute Gasteiger partial charge is 0.631 e. The van der Waals surface area contributed by atoms with Gasteiger partial charge in [-0.25, -0.2) is 0 Å². The second-order valence-electron chi connectivity index (χ2n) is 1.94. The maximum absolute atomic E-state index is 10.4. The maximum atomic E-state index is 10.4. The number of hydroxylamine groups is 2. The number of aliphatic hydroxyl groups excluding tert-OH is 1. The molecular weight excluding hydrogens is 122 g/mol. The average Bonchev–Trinajstić information content (AvgIpc) is 1.82. The van der Waals surface area contributed by atoms with Crippen LogP contribution in [0.15, 0.2) is 0 Å². The Morgan fingerprint density at radius 1 is 1.56 bits per heavy atom. The zero-order chi connectivity index (χ0) is 7.28. The van der Waals surface area contributed by atoms with E-state index in [2.05, 4.69) is 0 Å². The van der Waals surface area contributed by atoms with E-state index in [-0.39, 0.29) is 6.54 Å². The molecule has 0 aromatic heterocycles. The summed E-state index contributed by atoms with van der Waals surface area (Å²) in [5, 5.41) is 26.4. The van der Waals surface area contributed by atoms with Crippen molar-refractivity contribution in [1.29, 1.82) is 0 Å². The quantitative estimate of drug-likeness (QED) is 0.322. The molecule has 0 bridgehead atoms. The van der Waals surface area contributed by atoms with Crippen molar-refractivity contribution in [3.8, 4) is 0 Å². The third kappa shape index (κ3) is 4.35. The van der Waals surface area contributed by atoms with Crippen LogP contribution in [0.2, 0.25) is 0 Å². The molecule has 0 aliphatic heterocycles. The molecule has 0 aliphatic rings. The van der Waals surface area contributed by atoms with E-state index >= 15 is 0 Å². The summed E-state index contributed by atoms with van der Waals surface area (Å²) in [6.07, 6.45) is -0.133.